The van der Waals surface area contributed by atoms with E-state index in [1.807, 2.05) is 0 Å². The van der Waals surface area contributed by atoms with Crippen LogP contribution in [0.4, 0.5) is 4.39 Å². The van der Waals surface area contributed by atoms with E-state index in [-0.39, 0.29) is 12.2 Å². The van der Waals surface area contributed by atoms with Gasteiger partial charge in [-0.2, -0.15) is 0 Å². The molecule has 0 saturated carbocycles. The van der Waals surface area contributed by atoms with Gasteiger partial charge >= 0.3 is 5.97 Å². The summed E-state index contributed by atoms with van der Waals surface area (Å²) in [6.45, 7) is 0.289. The second-order valence-corrected chi connectivity index (χ2v) is 6.42. The van der Waals surface area contributed by atoms with Gasteiger partial charge in [0.15, 0.2) is 0 Å². The number of carbonyl (C=O) groups excluding carboxylic acids is 2. The van der Waals surface area contributed by atoms with Gasteiger partial charge in [-0.05, 0) is 48.7 Å². The standard InChI is InChI=1S/C21H19FN2O4/c22-16-10-8-14(9-11-16)13-17(23-19(25)15-5-2-1-3-6-15)20(26)24-12-4-7-18(24)21(27)28/h1-3,5-6,8-11,13,18H,4,7,12H2,(H,23,25)(H,27,28). The summed E-state index contributed by atoms with van der Waals surface area (Å²) in [5, 5.41) is 11.9. The van der Waals surface area contributed by atoms with Gasteiger partial charge in [0.2, 0.25) is 0 Å². The molecule has 144 valence electrons. The van der Waals surface area contributed by atoms with E-state index in [9.17, 15) is 23.9 Å². The van der Waals surface area contributed by atoms with Gasteiger partial charge in [0.05, 0.1) is 0 Å². The molecule has 0 bridgehead atoms. The smallest absolute Gasteiger partial charge is 0.326 e. The average molecular weight is 382 g/mol. The third-order valence-electron chi connectivity index (χ3n) is 4.49. The maximum absolute atomic E-state index is 13.2. The van der Waals surface area contributed by atoms with Gasteiger partial charge in [0, 0.05) is 12.1 Å². The van der Waals surface area contributed by atoms with Gasteiger partial charge in [-0.3, -0.25) is 9.59 Å². The Morgan fingerprint density at radius 1 is 1.07 bits per heavy atom. The molecule has 28 heavy (non-hydrogen) atoms. The van der Waals surface area contributed by atoms with Gasteiger partial charge in [0.25, 0.3) is 11.8 Å². The molecule has 2 N–H and O–H groups in total. The first-order valence-electron chi connectivity index (χ1n) is 8.83. The Labute approximate surface area is 161 Å². The number of nitrogens with one attached hydrogen (secondary N) is 1. The third kappa shape index (κ3) is 4.43. The van der Waals surface area contributed by atoms with Crippen molar-refractivity contribution in [2.24, 2.45) is 0 Å². The molecule has 3 rings (SSSR count). The van der Waals surface area contributed by atoms with E-state index in [0.717, 1.165) is 0 Å². The highest BCUT2D eigenvalue weighted by atomic mass is 19.1. The normalized spacial score (nSPS) is 16.7. The SMILES string of the molecule is O=C(NC(=Cc1ccc(F)cc1)C(=O)N1CCCC1C(=O)O)c1ccccc1. The van der Waals surface area contributed by atoms with Crippen molar-refractivity contribution < 1.29 is 23.9 Å². The van der Waals surface area contributed by atoms with Crippen LogP contribution in [0.3, 0.4) is 0 Å². The first-order valence-corrected chi connectivity index (χ1v) is 8.83. The molecule has 1 atom stereocenters. The van der Waals surface area contributed by atoms with Crippen molar-refractivity contribution in [3.8, 4) is 0 Å². The van der Waals surface area contributed by atoms with Crippen LogP contribution in [-0.2, 0) is 9.59 Å². The second-order valence-electron chi connectivity index (χ2n) is 6.42. The molecule has 0 aromatic heterocycles. The predicted octanol–water partition coefficient (Wildman–Crippen LogP) is 2.67. The fourth-order valence-corrected chi connectivity index (χ4v) is 3.08. The molecule has 1 aliphatic heterocycles. The van der Waals surface area contributed by atoms with Gasteiger partial charge < -0.3 is 15.3 Å². The Hall–Kier alpha value is -3.48. The maximum atomic E-state index is 13.2. The lowest BCUT2D eigenvalue weighted by Crippen LogP contribution is -2.44. The van der Waals surface area contributed by atoms with Gasteiger partial charge in [0.1, 0.15) is 17.6 Å². The number of aliphatic carboxylic acids is 1. The molecule has 1 unspecified atom stereocenters. The number of likely N-dealkylation sites (tertiary alicyclic amines) is 1. The number of carbonyl (C=O) groups is 3. The molecule has 0 aliphatic carbocycles. The molecule has 7 heteroatoms. The van der Waals surface area contributed by atoms with Gasteiger partial charge in [-0.1, -0.05) is 30.3 Å². The van der Waals surface area contributed by atoms with Crippen LogP contribution in [0.25, 0.3) is 6.08 Å². The zero-order chi connectivity index (χ0) is 20.1. The number of carboxylic acids is 1. The molecule has 2 aromatic rings. The Bertz CT molecular complexity index is 910. The molecular weight excluding hydrogens is 363 g/mol. The Balaban J connectivity index is 1.92. The zero-order valence-electron chi connectivity index (χ0n) is 15.0. The number of halogens is 1. The lowest BCUT2D eigenvalue weighted by Gasteiger charge is -2.23. The Morgan fingerprint density at radius 3 is 2.39 bits per heavy atom. The lowest BCUT2D eigenvalue weighted by molar-refractivity contribution is -0.146. The first kappa shape index (κ1) is 19.3. The monoisotopic (exact) mass is 382 g/mol. The number of benzene rings is 2. The van der Waals surface area contributed by atoms with Crippen molar-refractivity contribution in [3.63, 3.8) is 0 Å². The van der Waals surface area contributed by atoms with E-state index in [2.05, 4.69) is 5.32 Å². The van der Waals surface area contributed by atoms with E-state index in [1.54, 1.807) is 30.3 Å². The minimum atomic E-state index is -1.08. The fraction of sp³-hybridized carbons (Fsp3) is 0.190. The Morgan fingerprint density at radius 2 is 1.75 bits per heavy atom. The van der Waals surface area contributed by atoms with E-state index in [0.29, 0.717) is 24.0 Å². The second kappa shape index (κ2) is 8.47. The fourth-order valence-electron chi connectivity index (χ4n) is 3.08. The van der Waals surface area contributed by atoms with Crippen LogP contribution in [0, 0.1) is 5.82 Å². The van der Waals surface area contributed by atoms with Crippen molar-refractivity contribution in [2.75, 3.05) is 6.54 Å². The van der Waals surface area contributed by atoms with Gasteiger partial charge in [-0.25, -0.2) is 9.18 Å². The predicted molar refractivity (Wildman–Crippen MR) is 101 cm³/mol. The summed E-state index contributed by atoms with van der Waals surface area (Å²) in [5.74, 6) is -2.59. The van der Waals surface area contributed by atoms with E-state index in [4.69, 9.17) is 0 Å². The van der Waals surface area contributed by atoms with Crippen molar-refractivity contribution in [2.45, 2.75) is 18.9 Å². The first-order chi connectivity index (χ1) is 13.5. The third-order valence-corrected chi connectivity index (χ3v) is 4.49. The van der Waals surface area contributed by atoms with Crippen molar-refractivity contribution in [1.82, 2.24) is 10.2 Å². The molecule has 0 spiro atoms. The molecule has 1 fully saturated rings. The van der Waals surface area contributed by atoms with E-state index >= 15 is 0 Å². The van der Waals surface area contributed by atoms with Crippen LogP contribution in [0.2, 0.25) is 0 Å². The lowest BCUT2D eigenvalue weighted by atomic mass is 10.1. The highest BCUT2D eigenvalue weighted by Crippen LogP contribution is 2.20. The molecular formula is C21H19FN2O4. The molecule has 2 amide bonds. The largest absolute Gasteiger partial charge is 0.480 e. The molecule has 0 radical (unpaired) electrons. The van der Waals surface area contributed by atoms with Crippen LogP contribution < -0.4 is 5.32 Å². The summed E-state index contributed by atoms with van der Waals surface area (Å²) in [6.07, 6.45) is 2.34. The summed E-state index contributed by atoms with van der Waals surface area (Å²) >= 11 is 0. The van der Waals surface area contributed by atoms with E-state index < -0.39 is 29.6 Å². The molecule has 1 heterocycles. The number of hydrogen-bond acceptors (Lipinski definition) is 3. The van der Waals surface area contributed by atoms with Crippen LogP contribution in [0.1, 0.15) is 28.8 Å². The van der Waals surface area contributed by atoms with Crippen molar-refractivity contribution in [3.05, 3.63) is 77.2 Å². The van der Waals surface area contributed by atoms with Crippen LogP contribution >= 0.6 is 0 Å². The van der Waals surface area contributed by atoms with Crippen molar-refractivity contribution in [1.29, 1.82) is 0 Å². The number of amides is 2. The van der Waals surface area contributed by atoms with Crippen LogP contribution in [0.5, 0.6) is 0 Å². The maximum Gasteiger partial charge on any atom is 0.326 e. The average Bonchev–Trinajstić information content (AvgIpc) is 3.19. The summed E-state index contributed by atoms with van der Waals surface area (Å²) in [4.78, 5) is 38.2. The van der Waals surface area contributed by atoms with Gasteiger partial charge in [-0.15, -0.1) is 0 Å². The zero-order valence-corrected chi connectivity index (χ0v) is 15.0. The summed E-state index contributed by atoms with van der Waals surface area (Å²) in [7, 11) is 0. The van der Waals surface area contributed by atoms with E-state index in [1.165, 1.54) is 35.2 Å². The van der Waals surface area contributed by atoms with Crippen LogP contribution in [0.15, 0.2) is 60.3 Å². The number of rotatable bonds is 5. The molecule has 1 aliphatic rings. The highest BCUT2D eigenvalue weighted by Gasteiger charge is 2.35. The van der Waals surface area contributed by atoms with Crippen LogP contribution in [-0.4, -0.2) is 40.4 Å². The molecule has 6 nitrogen and oxygen atoms in total. The topological polar surface area (TPSA) is 86.7 Å². The summed E-state index contributed by atoms with van der Waals surface area (Å²) in [5.41, 5.74) is 0.800. The minimum Gasteiger partial charge on any atom is -0.480 e. The highest BCUT2D eigenvalue weighted by molar-refractivity contribution is 6.06. The minimum absolute atomic E-state index is 0.0615. The molecule has 1 saturated heterocycles. The summed E-state index contributed by atoms with van der Waals surface area (Å²) < 4.78 is 13.2. The molecule has 2 aromatic carbocycles. The number of nitrogens with zero attached hydrogens (tertiary/aromatic N) is 1. The summed E-state index contributed by atoms with van der Waals surface area (Å²) in [6, 6.07) is 12.8. The number of hydrogen-bond donors (Lipinski definition) is 2. The quantitative estimate of drug-likeness (QED) is 0.779. The number of carboxylic acid groups (broad SMARTS) is 1. The Kier molecular flexibility index (Phi) is 5.84. The van der Waals surface area contributed by atoms with Crippen molar-refractivity contribution >= 4 is 23.9 Å².